The summed E-state index contributed by atoms with van der Waals surface area (Å²) in [5.74, 6) is 2.10. The number of hydrogen-bond acceptors (Lipinski definition) is 6. The fourth-order valence-corrected chi connectivity index (χ4v) is 2.24. The summed E-state index contributed by atoms with van der Waals surface area (Å²) in [6.07, 6.45) is 5.46. The zero-order valence-electron chi connectivity index (χ0n) is 13.5. The van der Waals surface area contributed by atoms with E-state index in [0.717, 1.165) is 12.4 Å². The summed E-state index contributed by atoms with van der Waals surface area (Å²) in [5, 5.41) is 4.02. The molecule has 0 aliphatic carbocycles. The van der Waals surface area contributed by atoms with Gasteiger partial charge in [-0.15, -0.1) is 0 Å². The maximum atomic E-state index is 5.38. The fraction of sp³-hybridized carbons (Fsp3) is 0.375. The molecule has 0 spiro atoms. The quantitative estimate of drug-likeness (QED) is 0.695. The average molecular weight is 312 g/mol. The number of rotatable bonds is 6. The second-order valence-corrected chi connectivity index (χ2v) is 5.68. The van der Waals surface area contributed by atoms with Gasteiger partial charge in [0.2, 0.25) is 11.7 Å². The molecule has 0 bridgehead atoms. The lowest BCUT2D eigenvalue weighted by Gasteiger charge is -2.24. The Morgan fingerprint density at radius 3 is 2.70 bits per heavy atom. The number of aromatic nitrogens is 5. The molecule has 120 valence electrons. The highest BCUT2D eigenvalue weighted by Crippen LogP contribution is 2.15. The number of nitrogens with zero attached hydrogens (tertiary/aromatic N) is 6. The molecule has 0 saturated carbocycles. The minimum absolute atomic E-state index is 0.330. The second kappa shape index (κ2) is 6.70. The molecular weight excluding hydrogens is 292 g/mol. The second-order valence-electron chi connectivity index (χ2n) is 5.68. The van der Waals surface area contributed by atoms with Crippen molar-refractivity contribution in [3.8, 4) is 11.5 Å². The summed E-state index contributed by atoms with van der Waals surface area (Å²) in [7, 11) is 1.99. The van der Waals surface area contributed by atoms with Crippen LogP contribution in [0.4, 0.5) is 0 Å². The van der Waals surface area contributed by atoms with Gasteiger partial charge in [-0.05, 0) is 26.0 Å². The first-order valence-electron chi connectivity index (χ1n) is 7.57. The molecule has 23 heavy (non-hydrogen) atoms. The zero-order valence-corrected chi connectivity index (χ0v) is 13.5. The fourth-order valence-electron chi connectivity index (χ4n) is 2.24. The predicted molar refractivity (Wildman–Crippen MR) is 85.1 cm³/mol. The first-order valence-corrected chi connectivity index (χ1v) is 7.57. The van der Waals surface area contributed by atoms with E-state index >= 15 is 0 Å². The molecule has 0 saturated heterocycles. The molecule has 7 nitrogen and oxygen atoms in total. The van der Waals surface area contributed by atoms with Crippen molar-refractivity contribution in [2.24, 2.45) is 7.05 Å². The van der Waals surface area contributed by atoms with Crippen molar-refractivity contribution in [1.29, 1.82) is 0 Å². The SMILES string of the molecule is CC(C)N(Cc1nc(-c2ccccn2)no1)Cc1nccn1C. The van der Waals surface area contributed by atoms with Crippen LogP contribution in [0.25, 0.3) is 11.5 Å². The Morgan fingerprint density at radius 2 is 2.04 bits per heavy atom. The molecule has 0 aliphatic heterocycles. The van der Waals surface area contributed by atoms with Crippen molar-refractivity contribution in [1.82, 2.24) is 29.6 Å². The molecule has 0 unspecified atom stereocenters. The average Bonchev–Trinajstić information content (AvgIpc) is 3.17. The molecule has 3 rings (SSSR count). The first-order chi connectivity index (χ1) is 11.1. The minimum Gasteiger partial charge on any atom is -0.337 e. The summed E-state index contributed by atoms with van der Waals surface area (Å²) < 4.78 is 7.40. The van der Waals surface area contributed by atoms with Gasteiger partial charge in [0.25, 0.3) is 0 Å². The minimum atomic E-state index is 0.330. The molecule has 0 N–H and O–H groups in total. The summed E-state index contributed by atoms with van der Waals surface area (Å²) >= 11 is 0. The Hall–Kier alpha value is -2.54. The molecule has 0 radical (unpaired) electrons. The molecule has 0 fully saturated rings. The molecule has 3 aromatic heterocycles. The third-order valence-corrected chi connectivity index (χ3v) is 3.70. The van der Waals surface area contributed by atoms with Crippen LogP contribution < -0.4 is 0 Å². The summed E-state index contributed by atoms with van der Waals surface area (Å²) in [6, 6.07) is 5.96. The van der Waals surface area contributed by atoms with Gasteiger partial charge in [-0.2, -0.15) is 4.98 Å². The zero-order chi connectivity index (χ0) is 16.2. The number of imidazole rings is 1. The molecule has 3 aromatic rings. The highest BCUT2D eigenvalue weighted by atomic mass is 16.5. The van der Waals surface area contributed by atoms with Crippen molar-refractivity contribution < 1.29 is 4.52 Å². The molecule has 7 heteroatoms. The maximum absolute atomic E-state index is 5.38. The smallest absolute Gasteiger partial charge is 0.241 e. The monoisotopic (exact) mass is 312 g/mol. The van der Waals surface area contributed by atoms with Crippen molar-refractivity contribution >= 4 is 0 Å². The molecule has 3 heterocycles. The number of hydrogen-bond donors (Lipinski definition) is 0. The van der Waals surface area contributed by atoms with E-state index in [0.29, 0.717) is 30.0 Å². The standard InChI is InChI=1S/C16H20N6O/c1-12(2)22(10-14-18-8-9-21(14)3)11-15-19-16(20-23-15)13-6-4-5-7-17-13/h4-9,12H,10-11H2,1-3H3. The van der Waals surface area contributed by atoms with Crippen LogP contribution in [0.5, 0.6) is 0 Å². The number of aryl methyl sites for hydroxylation is 1. The van der Waals surface area contributed by atoms with Gasteiger partial charge in [0.1, 0.15) is 11.5 Å². The van der Waals surface area contributed by atoms with E-state index in [9.17, 15) is 0 Å². The van der Waals surface area contributed by atoms with Gasteiger partial charge in [0, 0.05) is 31.7 Å². The van der Waals surface area contributed by atoms with Crippen molar-refractivity contribution in [2.45, 2.75) is 33.0 Å². The molecule has 0 aromatic carbocycles. The van der Waals surface area contributed by atoms with Crippen LogP contribution in [0.15, 0.2) is 41.3 Å². The van der Waals surface area contributed by atoms with Crippen LogP contribution in [0, 0.1) is 0 Å². The molecule has 0 aliphatic rings. The highest BCUT2D eigenvalue weighted by Gasteiger charge is 2.17. The van der Waals surface area contributed by atoms with Crippen LogP contribution in [-0.2, 0) is 20.1 Å². The van der Waals surface area contributed by atoms with E-state index in [1.165, 1.54) is 0 Å². The van der Waals surface area contributed by atoms with Gasteiger partial charge in [0.15, 0.2) is 0 Å². The lowest BCUT2D eigenvalue weighted by molar-refractivity contribution is 0.171. The van der Waals surface area contributed by atoms with Gasteiger partial charge in [-0.1, -0.05) is 11.2 Å². The van der Waals surface area contributed by atoms with Crippen LogP contribution in [0.1, 0.15) is 25.6 Å². The Balaban J connectivity index is 1.74. The summed E-state index contributed by atoms with van der Waals surface area (Å²) in [6.45, 7) is 5.57. The molecular formula is C16H20N6O. The molecule has 0 amide bonds. The Morgan fingerprint density at radius 1 is 1.17 bits per heavy atom. The Bertz CT molecular complexity index is 749. The summed E-state index contributed by atoms with van der Waals surface area (Å²) in [4.78, 5) is 15.3. The van der Waals surface area contributed by atoms with Gasteiger partial charge >= 0.3 is 0 Å². The first kappa shape index (κ1) is 15.4. The predicted octanol–water partition coefficient (Wildman–Crippen LogP) is 2.28. The van der Waals surface area contributed by atoms with Crippen molar-refractivity contribution in [2.75, 3.05) is 0 Å². The Kier molecular flexibility index (Phi) is 4.47. The third kappa shape index (κ3) is 3.62. The van der Waals surface area contributed by atoms with E-state index in [2.05, 4.69) is 38.9 Å². The van der Waals surface area contributed by atoms with E-state index in [-0.39, 0.29) is 0 Å². The van der Waals surface area contributed by atoms with Crippen LogP contribution >= 0.6 is 0 Å². The Labute approximate surface area is 135 Å². The van der Waals surface area contributed by atoms with Gasteiger partial charge < -0.3 is 9.09 Å². The third-order valence-electron chi connectivity index (χ3n) is 3.70. The van der Waals surface area contributed by atoms with Gasteiger partial charge in [-0.25, -0.2) is 4.98 Å². The van der Waals surface area contributed by atoms with Crippen molar-refractivity contribution in [3.63, 3.8) is 0 Å². The van der Waals surface area contributed by atoms with Crippen LogP contribution in [-0.4, -0.2) is 35.6 Å². The van der Waals surface area contributed by atoms with Gasteiger partial charge in [-0.3, -0.25) is 9.88 Å². The highest BCUT2D eigenvalue weighted by molar-refractivity contribution is 5.46. The lowest BCUT2D eigenvalue weighted by atomic mass is 10.3. The van der Waals surface area contributed by atoms with Crippen LogP contribution in [0.2, 0.25) is 0 Å². The van der Waals surface area contributed by atoms with E-state index < -0.39 is 0 Å². The molecule has 0 atom stereocenters. The largest absolute Gasteiger partial charge is 0.337 e. The van der Waals surface area contributed by atoms with Crippen LogP contribution in [0.3, 0.4) is 0 Å². The van der Waals surface area contributed by atoms with E-state index in [1.54, 1.807) is 12.4 Å². The maximum Gasteiger partial charge on any atom is 0.241 e. The number of pyridine rings is 1. The van der Waals surface area contributed by atoms with E-state index in [1.807, 2.05) is 36.0 Å². The summed E-state index contributed by atoms with van der Waals surface area (Å²) in [5.41, 5.74) is 0.711. The topological polar surface area (TPSA) is 72.9 Å². The lowest BCUT2D eigenvalue weighted by Crippen LogP contribution is -2.31. The van der Waals surface area contributed by atoms with E-state index in [4.69, 9.17) is 4.52 Å². The normalized spacial score (nSPS) is 11.5. The van der Waals surface area contributed by atoms with Gasteiger partial charge in [0.05, 0.1) is 13.1 Å². The van der Waals surface area contributed by atoms with Crippen molar-refractivity contribution in [3.05, 3.63) is 48.5 Å².